The molecule has 94 valence electrons. The number of carbonyl (C=O) groups is 2. The van der Waals surface area contributed by atoms with E-state index in [2.05, 4.69) is 19.2 Å². The summed E-state index contributed by atoms with van der Waals surface area (Å²) in [6.07, 6.45) is 0.892. The van der Waals surface area contributed by atoms with Crippen LogP contribution < -0.4 is 5.32 Å². The second kappa shape index (κ2) is 7.25. The van der Waals surface area contributed by atoms with E-state index < -0.39 is 0 Å². The highest BCUT2D eigenvalue weighted by Crippen LogP contribution is 2.06. The smallest absolute Gasteiger partial charge is 0.219 e. The second-order valence-corrected chi connectivity index (χ2v) is 4.58. The third-order valence-electron chi connectivity index (χ3n) is 2.43. The van der Waals surface area contributed by atoms with Gasteiger partial charge < -0.3 is 10.2 Å². The van der Waals surface area contributed by atoms with E-state index in [1.54, 1.807) is 11.8 Å². The first-order valence-electron chi connectivity index (χ1n) is 5.89. The van der Waals surface area contributed by atoms with Gasteiger partial charge in [-0.25, -0.2) is 0 Å². The summed E-state index contributed by atoms with van der Waals surface area (Å²) in [5, 5.41) is 2.90. The van der Waals surface area contributed by atoms with Crippen LogP contribution in [0.25, 0.3) is 0 Å². The molecule has 4 heteroatoms. The van der Waals surface area contributed by atoms with Gasteiger partial charge in [-0.05, 0) is 19.3 Å². The molecule has 0 radical (unpaired) electrons. The van der Waals surface area contributed by atoms with Crippen LogP contribution in [0.15, 0.2) is 0 Å². The Morgan fingerprint density at radius 3 is 2.12 bits per heavy atom. The van der Waals surface area contributed by atoms with E-state index >= 15 is 0 Å². The zero-order valence-electron chi connectivity index (χ0n) is 11.0. The highest BCUT2D eigenvalue weighted by Gasteiger charge is 2.17. The Kier molecular flexibility index (Phi) is 6.77. The van der Waals surface area contributed by atoms with E-state index in [0.717, 1.165) is 6.42 Å². The molecule has 0 saturated carbocycles. The summed E-state index contributed by atoms with van der Waals surface area (Å²) in [6, 6.07) is 0.0568. The quantitative estimate of drug-likeness (QED) is 0.747. The van der Waals surface area contributed by atoms with Crippen molar-refractivity contribution in [2.24, 2.45) is 5.92 Å². The van der Waals surface area contributed by atoms with Crippen molar-refractivity contribution in [1.29, 1.82) is 0 Å². The average molecular weight is 228 g/mol. The first kappa shape index (κ1) is 14.9. The maximum Gasteiger partial charge on any atom is 0.219 e. The largest absolute Gasteiger partial charge is 0.352 e. The molecule has 1 atom stereocenters. The number of amides is 2. The summed E-state index contributed by atoms with van der Waals surface area (Å²) in [6.45, 7) is 10.5. The van der Waals surface area contributed by atoms with Gasteiger partial charge >= 0.3 is 0 Å². The van der Waals surface area contributed by atoms with Gasteiger partial charge in [0, 0.05) is 33.0 Å². The minimum atomic E-state index is -0.0368. The Bertz CT molecular complexity index is 239. The summed E-state index contributed by atoms with van der Waals surface area (Å²) in [5.41, 5.74) is 0. The van der Waals surface area contributed by atoms with Crippen molar-refractivity contribution < 1.29 is 9.59 Å². The number of carbonyl (C=O) groups excluding carboxylic acids is 2. The van der Waals surface area contributed by atoms with Crippen molar-refractivity contribution in [1.82, 2.24) is 10.2 Å². The fourth-order valence-corrected chi connectivity index (χ4v) is 1.78. The topological polar surface area (TPSA) is 49.4 Å². The average Bonchev–Trinajstić information content (AvgIpc) is 2.11. The van der Waals surface area contributed by atoms with Crippen molar-refractivity contribution in [3.63, 3.8) is 0 Å². The van der Waals surface area contributed by atoms with Crippen LogP contribution >= 0.6 is 0 Å². The molecule has 0 aromatic rings. The van der Waals surface area contributed by atoms with E-state index in [0.29, 0.717) is 19.0 Å². The van der Waals surface area contributed by atoms with Gasteiger partial charge in [0.1, 0.15) is 0 Å². The van der Waals surface area contributed by atoms with Gasteiger partial charge in [0.25, 0.3) is 0 Å². The molecule has 0 heterocycles. The first-order chi connectivity index (χ1) is 7.36. The number of nitrogens with one attached hydrogen (secondary N) is 1. The Morgan fingerprint density at radius 1 is 1.25 bits per heavy atom. The van der Waals surface area contributed by atoms with Crippen molar-refractivity contribution in [2.75, 3.05) is 13.1 Å². The number of hydrogen-bond donors (Lipinski definition) is 1. The molecular formula is C12H24N2O2. The number of rotatable bonds is 6. The highest BCUT2D eigenvalue weighted by molar-refractivity contribution is 5.74. The number of likely N-dealkylation sites (N-methyl/N-ethyl adjacent to an activating group) is 1. The van der Waals surface area contributed by atoms with Crippen LogP contribution in [0.1, 0.15) is 41.0 Å². The lowest BCUT2D eigenvalue weighted by atomic mass is 10.0. The molecule has 2 amide bonds. The molecule has 0 spiro atoms. The van der Waals surface area contributed by atoms with Gasteiger partial charge in [0.2, 0.25) is 11.8 Å². The fourth-order valence-electron chi connectivity index (χ4n) is 1.78. The minimum absolute atomic E-state index is 0.0368. The Labute approximate surface area is 98.4 Å². The fraction of sp³-hybridized carbons (Fsp3) is 0.833. The number of hydrogen-bond acceptors (Lipinski definition) is 2. The highest BCUT2D eigenvalue weighted by atomic mass is 16.2. The normalized spacial score (nSPS) is 12.4. The van der Waals surface area contributed by atoms with Gasteiger partial charge in [-0.2, -0.15) is 0 Å². The predicted octanol–water partition coefficient (Wildman–Crippen LogP) is 1.41. The maximum atomic E-state index is 11.3. The first-order valence-corrected chi connectivity index (χ1v) is 5.89. The van der Waals surface area contributed by atoms with Crippen LogP contribution in [-0.2, 0) is 9.59 Å². The van der Waals surface area contributed by atoms with Gasteiger partial charge in [0.15, 0.2) is 0 Å². The molecule has 16 heavy (non-hydrogen) atoms. The molecule has 0 bridgehead atoms. The Balaban J connectivity index is 4.38. The van der Waals surface area contributed by atoms with Crippen LogP contribution in [0, 0.1) is 5.92 Å². The van der Waals surface area contributed by atoms with Gasteiger partial charge in [0.05, 0.1) is 0 Å². The molecule has 0 rings (SSSR count). The minimum Gasteiger partial charge on any atom is -0.352 e. The van der Waals surface area contributed by atoms with Gasteiger partial charge in [-0.15, -0.1) is 0 Å². The van der Waals surface area contributed by atoms with E-state index in [4.69, 9.17) is 0 Å². The lowest BCUT2D eigenvalue weighted by Gasteiger charge is -2.27. The molecule has 0 aromatic heterocycles. The second-order valence-electron chi connectivity index (χ2n) is 4.58. The van der Waals surface area contributed by atoms with E-state index in [9.17, 15) is 9.59 Å². The van der Waals surface area contributed by atoms with Crippen molar-refractivity contribution in [3.05, 3.63) is 0 Å². The molecule has 1 N–H and O–H groups in total. The lowest BCUT2D eigenvalue weighted by Crippen LogP contribution is -2.45. The summed E-state index contributed by atoms with van der Waals surface area (Å²) < 4.78 is 0. The Hall–Kier alpha value is -1.06. The molecule has 4 nitrogen and oxygen atoms in total. The molecule has 0 aliphatic carbocycles. The summed E-state index contributed by atoms with van der Waals surface area (Å²) >= 11 is 0. The lowest BCUT2D eigenvalue weighted by molar-refractivity contribution is -0.130. The summed E-state index contributed by atoms with van der Waals surface area (Å²) in [4.78, 5) is 24.1. The summed E-state index contributed by atoms with van der Waals surface area (Å²) in [7, 11) is 0. The van der Waals surface area contributed by atoms with E-state index in [-0.39, 0.29) is 17.9 Å². The van der Waals surface area contributed by atoms with Gasteiger partial charge in [-0.1, -0.05) is 13.8 Å². The third kappa shape index (κ3) is 6.43. The van der Waals surface area contributed by atoms with Crippen molar-refractivity contribution in [3.8, 4) is 0 Å². The Morgan fingerprint density at radius 2 is 1.81 bits per heavy atom. The van der Waals surface area contributed by atoms with Crippen LogP contribution in [-0.4, -0.2) is 35.8 Å². The predicted molar refractivity (Wildman–Crippen MR) is 65.0 cm³/mol. The van der Waals surface area contributed by atoms with E-state index in [1.165, 1.54) is 6.92 Å². The van der Waals surface area contributed by atoms with Gasteiger partial charge in [-0.3, -0.25) is 9.59 Å². The van der Waals surface area contributed by atoms with Crippen LogP contribution in [0.5, 0.6) is 0 Å². The zero-order valence-corrected chi connectivity index (χ0v) is 11.0. The monoisotopic (exact) mass is 228 g/mol. The number of nitrogens with zero attached hydrogens (tertiary/aromatic N) is 1. The standard InChI is InChI=1S/C12H24N2O2/c1-6-14(11(5)16)8-12(7-9(2)3)13-10(4)15/h9,12H,6-8H2,1-5H3,(H,13,15). The molecular weight excluding hydrogens is 204 g/mol. The van der Waals surface area contributed by atoms with E-state index in [1.807, 2.05) is 6.92 Å². The van der Waals surface area contributed by atoms with Crippen LogP contribution in [0.4, 0.5) is 0 Å². The molecule has 0 aliphatic heterocycles. The molecule has 0 aromatic carbocycles. The zero-order chi connectivity index (χ0) is 12.7. The molecule has 0 fully saturated rings. The SMILES string of the molecule is CCN(CC(CC(C)C)NC(C)=O)C(C)=O. The molecule has 1 unspecified atom stereocenters. The summed E-state index contributed by atoms with van der Waals surface area (Å²) in [5.74, 6) is 0.523. The van der Waals surface area contributed by atoms with Crippen LogP contribution in [0.2, 0.25) is 0 Å². The van der Waals surface area contributed by atoms with Crippen LogP contribution in [0.3, 0.4) is 0 Å². The van der Waals surface area contributed by atoms with Crippen molar-refractivity contribution >= 4 is 11.8 Å². The van der Waals surface area contributed by atoms with Crippen molar-refractivity contribution in [2.45, 2.75) is 47.1 Å². The molecule has 0 aliphatic rings. The third-order valence-corrected chi connectivity index (χ3v) is 2.43. The maximum absolute atomic E-state index is 11.3. The molecule has 0 saturated heterocycles.